The Bertz CT molecular complexity index is 764. The van der Waals surface area contributed by atoms with Crippen LogP contribution in [0.1, 0.15) is 16.1 Å². The number of benzene rings is 1. The highest BCUT2D eigenvalue weighted by atomic mass is 32.1. The van der Waals surface area contributed by atoms with E-state index in [4.69, 9.17) is 9.47 Å². The van der Waals surface area contributed by atoms with E-state index in [2.05, 4.69) is 4.98 Å². The van der Waals surface area contributed by atoms with Crippen molar-refractivity contribution in [3.63, 3.8) is 0 Å². The molecule has 0 fully saturated rings. The van der Waals surface area contributed by atoms with E-state index in [9.17, 15) is 4.79 Å². The Morgan fingerprint density at radius 2 is 1.96 bits per heavy atom. The van der Waals surface area contributed by atoms with Crippen LogP contribution in [0.3, 0.4) is 0 Å². The molecular formula is C17H15NO3S2. The van der Waals surface area contributed by atoms with Crippen LogP contribution in [0.25, 0.3) is 10.6 Å². The van der Waals surface area contributed by atoms with Crippen LogP contribution in [0, 0.1) is 6.92 Å². The van der Waals surface area contributed by atoms with Crippen LogP contribution in [0.2, 0.25) is 0 Å². The van der Waals surface area contributed by atoms with Crippen LogP contribution in [0.5, 0.6) is 5.75 Å². The van der Waals surface area contributed by atoms with E-state index < -0.39 is 5.97 Å². The van der Waals surface area contributed by atoms with Gasteiger partial charge in [-0.2, -0.15) is 11.3 Å². The van der Waals surface area contributed by atoms with Crippen LogP contribution in [-0.2, 0) is 4.74 Å². The summed E-state index contributed by atoms with van der Waals surface area (Å²) in [5.74, 6) is 0.343. The van der Waals surface area contributed by atoms with Gasteiger partial charge >= 0.3 is 5.97 Å². The van der Waals surface area contributed by atoms with Gasteiger partial charge in [0.05, 0.1) is 0 Å². The zero-order valence-corrected chi connectivity index (χ0v) is 14.2. The summed E-state index contributed by atoms with van der Waals surface area (Å²) in [4.78, 5) is 16.3. The minimum atomic E-state index is -0.421. The zero-order chi connectivity index (χ0) is 16.1. The van der Waals surface area contributed by atoms with Crippen LogP contribution in [0.4, 0.5) is 0 Å². The van der Waals surface area contributed by atoms with Crippen LogP contribution in [-0.4, -0.2) is 24.2 Å². The van der Waals surface area contributed by atoms with E-state index in [0.29, 0.717) is 12.3 Å². The highest BCUT2D eigenvalue weighted by Crippen LogP contribution is 2.25. The first-order chi connectivity index (χ1) is 11.2. The Hall–Kier alpha value is -2.18. The Morgan fingerprint density at radius 3 is 2.70 bits per heavy atom. The average Bonchev–Trinajstić information content (AvgIpc) is 3.23. The summed E-state index contributed by atoms with van der Waals surface area (Å²) in [6.07, 6.45) is 0. The Morgan fingerprint density at radius 1 is 1.13 bits per heavy atom. The summed E-state index contributed by atoms with van der Waals surface area (Å²) in [7, 11) is 0. The molecule has 0 aliphatic rings. The lowest BCUT2D eigenvalue weighted by molar-refractivity contribution is 0.0444. The van der Waals surface area contributed by atoms with Gasteiger partial charge < -0.3 is 9.47 Å². The molecule has 0 aliphatic heterocycles. The van der Waals surface area contributed by atoms with Crippen molar-refractivity contribution < 1.29 is 14.3 Å². The largest absolute Gasteiger partial charge is 0.490 e. The van der Waals surface area contributed by atoms with E-state index >= 15 is 0 Å². The molecule has 0 unspecified atom stereocenters. The average molecular weight is 345 g/mol. The predicted octanol–water partition coefficient (Wildman–Crippen LogP) is 4.42. The minimum Gasteiger partial charge on any atom is -0.490 e. The van der Waals surface area contributed by atoms with Crippen LogP contribution < -0.4 is 4.74 Å². The third-order valence-corrected chi connectivity index (χ3v) is 4.66. The second-order valence-electron chi connectivity index (χ2n) is 4.85. The molecule has 2 aromatic heterocycles. The normalized spacial score (nSPS) is 10.5. The quantitative estimate of drug-likeness (QED) is 0.490. The molecule has 6 heteroatoms. The first kappa shape index (κ1) is 15.7. The molecule has 3 rings (SSSR count). The second-order valence-corrected chi connectivity index (χ2v) is 6.49. The topological polar surface area (TPSA) is 48.4 Å². The number of hydrogen-bond donors (Lipinski definition) is 0. The van der Waals surface area contributed by atoms with Crippen molar-refractivity contribution in [2.45, 2.75) is 6.92 Å². The maximum absolute atomic E-state index is 12.0. The fourth-order valence-electron chi connectivity index (χ4n) is 1.89. The molecule has 0 atom stereocenters. The summed E-state index contributed by atoms with van der Waals surface area (Å²) in [6, 6.07) is 9.72. The van der Waals surface area contributed by atoms with Gasteiger partial charge in [0.2, 0.25) is 0 Å². The molecule has 3 aromatic rings. The summed E-state index contributed by atoms with van der Waals surface area (Å²) >= 11 is 3.04. The maximum atomic E-state index is 12.0. The van der Waals surface area contributed by atoms with Gasteiger partial charge in [0.15, 0.2) is 5.69 Å². The van der Waals surface area contributed by atoms with Crippen LogP contribution >= 0.6 is 22.7 Å². The number of nitrogens with zero attached hydrogens (tertiary/aromatic N) is 1. The molecule has 0 radical (unpaired) electrons. The molecule has 2 heterocycles. The van der Waals surface area contributed by atoms with Crippen molar-refractivity contribution in [2.24, 2.45) is 0 Å². The van der Waals surface area contributed by atoms with Crippen LogP contribution in [0.15, 0.2) is 46.5 Å². The van der Waals surface area contributed by atoms with Crippen molar-refractivity contribution in [1.82, 2.24) is 4.98 Å². The Kier molecular flexibility index (Phi) is 5.05. The lowest BCUT2D eigenvalue weighted by atomic mass is 10.2. The number of thiazole rings is 1. The number of hydrogen-bond acceptors (Lipinski definition) is 6. The number of aromatic nitrogens is 1. The monoisotopic (exact) mass is 345 g/mol. The third-order valence-electron chi connectivity index (χ3n) is 3.09. The van der Waals surface area contributed by atoms with Gasteiger partial charge in [-0.3, -0.25) is 0 Å². The third kappa shape index (κ3) is 4.18. The minimum absolute atomic E-state index is 0.192. The SMILES string of the molecule is Cc1ccc(OCCOC(=O)c2csc(-c3ccsc3)n2)cc1. The first-order valence-corrected chi connectivity index (χ1v) is 8.89. The van der Waals surface area contributed by atoms with E-state index in [0.717, 1.165) is 16.3 Å². The smallest absolute Gasteiger partial charge is 0.357 e. The van der Waals surface area contributed by atoms with Gasteiger partial charge in [-0.15, -0.1) is 11.3 Å². The standard InChI is InChI=1S/C17H15NO3S2/c1-12-2-4-14(5-3-12)20-7-8-21-17(19)15-11-23-16(18-15)13-6-9-22-10-13/h2-6,9-11H,7-8H2,1H3. The molecule has 1 aromatic carbocycles. The lowest BCUT2D eigenvalue weighted by Gasteiger charge is -2.06. The zero-order valence-electron chi connectivity index (χ0n) is 12.5. The van der Waals surface area contributed by atoms with Gasteiger partial charge in [0.25, 0.3) is 0 Å². The molecule has 118 valence electrons. The molecule has 23 heavy (non-hydrogen) atoms. The molecule has 0 N–H and O–H groups in total. The Labute approximate surface area is 142 Å². The van der Waals surface area contributed by atoms with E-state index in [-0.39, 0.29) is 6.61 Å². The van der Waals surface area contributed by atoms with Crippen molar-refractivity contribution in [3.8, 4) is 16.3 Å². The van der Waals surface area contributed by atoms with Gasteiger partial charge in [-0.1, -0.05) is 17.7 Å². The second kappa shape index (κ2) is 7.39. The number of rotatable bonds is 6. The fourth-order valence-corrected chi connectivity index (χ4v) is 3.39. The predicted molar refractivity (Wildman–Crippen MR) is 92.4 cm³/mol. The van der Waals surface area contributed by atoms with Gasteiger partial charge in [0, 0.05) is 16.3 Å². The highest BCUT2D eigenvalue weighted by Gasteiger charge is 2.13. The van der Waals surface area contributed by atoms with Crippen molar-refractivity contribution in [3.05, 3.63) is 57.7 Å². The molecule has 0 bridgehead atoms. The number of carbonyl (C=O) groups excluding carboxylic acids is 1. The molecular weight excluding hydrogens is 330 g/mol. The number of ether oxygens (including phenoxy) is 2. The maximum Gasteiger partial charge on any atom is 0.357 e. The molecule has 0 amide bonds. The van der Waals surface area contributed by atoms with Crippen molar-refractivity contribution >= 4 is 28.6 Å². The number of aryl methyl sites for hydroxylation is 1. The van der Waals surface area contributed by atoms with Gasteiger partial charge in [0.1, 0.15) is 24.0 Å². The molecule has 0 aliphatic carbocycles. The molecule has 0 saturated carbocycles. The summed E-state index contributed by atoms with van der Waals surface area (Å²) < 4.78 is 10.7. The number of carbonyl (C=O) groups is 1. The lowest BCUT2D eigenvalue weighted by Crippen LogP contribution is -2.12. The van der Waals surface area contributed by atoms with Crippen molar-refractivity contribution in [2.75, 3.05) is 13.2 Å². The fraction of sp³-hybridized carbons (Fsp3) is 0.176. The first-order valence-electron chi connectivity index (χ1n) is 7.07. The van der Waals surface area contributed by atoms with E-state index in [1.54, 1.807) is 16.7 Å². The van der Waals surface area contributed by atoms with E-state index in [1.807, 2.05) is 48.0 Å². The summed E-state index contributed by atoms with van der Waals surface area (Å²) in [5, 5.41) is 6.53. The number of esters is 1. The van der Waals surface area contributed by atoms with E-state index in [1.165, 1.54) is 16.9 Å². The number of thiophene rings is 1. The molecule has 4 nitrogen and oxygen atoms in total. The van der Waals surface area contributed by atoms with Gasteiger partial charge in [-0.25, -0.2) is 9.78 Å². The molecule has 0 spiro atoms. The highest BCUT2D eigenvalue weighted by molar-refractivity contribution is 7.14. The molecule has 0 saturated heterocycles. The van der Waals surface area contributed by atoms with Gasteiger partial charge in [-0.05, 0) is 30.5 Å². The summed E-state index contributed by atoms with van der Waals surface area (Å²) in [6.45, 7) is 2.53. The van der Waals surface area contributed by atoms with Crippen molar-refractivity contribution in [1.29, 1.82) is 0 Å². The Balaban J connectivity index is 1.47. The summed E-state index contributed by atoms with van der Waals surface area (Å²) in [5.41, 5.74) is 2.54.